The highest BCUT2D eigenvalue weighted by Gasteiger charge is 2.18. The van der Waals surface area contributed by atoms with Crippen LogP contribution in [0.1, 0.15) is 49.4 Å². The van der Waals surface area contributed by atoms with Gasteiger partial charge in [0.2, 0.25) is 0 Å². The number of benzene rings is 1. The van der Waals surface area contributed by atoms with Crippen molar-refractivity contribution in [2.24, 2.45) is 11.8 Å². The Kier molecular flexibility index (Phi) is 6.09. The predicted octanol–water partition coefficient (Wildman–Crippen LogP) is 5.16. The zero-order valence-electron chi connectivity index (χ0n) is 11.8. The number of amides is 1. The molecule has 0 radical (unpaired) electrons. The fourth-order valence-electron chi connectivity index (χ4n) is 2.78. The lowest BCUT2D eigenvalue weighted by Gasteiger charge is -2.26. The van der Waals surface area contributed by atoms with E-state index >= 15 is 0 Å². The Hall–Kier alpha value is -0.350. The van der Waals surface area contributed by atoms with Gasteiger partial charge in [-0.05, 0) is 52.4 Å². The normalized spacial score (nSPS) is 22.6. The molecule has 2 nitrogen and oxygen atoms in total. The highest BCUT2D eigenvalue weighted by atomic mass is 79.9. The molecule has 2 rings (SSSR count). The lowest BCUT2D eigenvalue weighted by atomic mass is 9.81. The number of rotatable bonds is 4. The molecule has 4 heteroatoms. The van der Waals surface area contributed by atoms with Crippen LogP contribution >= 0.6 is 31.9 Å². The van der Waals surface area contributed by atoms with Crippen molar-refractivity contribution in [2.75, 3.05) is 6.54 Å². The standard InChI is InChI=1S/C16H21Br2NO/c1-11-2-4-12(5-3-11)8-9-19-16(20)14-7-6-13(17)10-15(14)18/h6-7,10-12H,2-5,8-9H2,1H3,(H,19,20). The molecular formula is C16H21Br2NO. The van der Waals surface area contributed by atoms with Gasteiger partial charge in [-0.15, -0.1) is 0 Å². The molecule has 20 heavy (non-hydrogen) atoms. The van der Waals surface area contributed by atoms with Crippen LogP contribution in [0, 0.1) is 11.8 Å². The maximum Gasteiger partial charge on any atom is 0.252 e. The Bertz CT molecular complexity index is 468. The van der Waals surface area contributed by atoms with E-state index < -0.39 is 0 Å². The quantitative estimate of drug-likeness (QED) is 0.740. The van der Waals surface area contributed by atoms with Crippen molar-refractivity contribution in [3.63, 3.8) is 0 Å². The number of hydrogen-bond donors (Lipinski definition) is 1. The van der Waals surface area contributed by atoms with Crippen LogP contribution in [0.3, 0.4) is 0 Å². The van der Waals surface area contributed by atoms with Crippen LogP contribution in [0.5, 0.6) is 0 Å². The van der Waals surface area contributed by atoms with Gasteiger partial charge in [0, 0.05) is 15.5 Å². The van der Waals surface area contributed by atoms with E-state index in [1.807, 2.05) is 18.2 Å². The summed E-state index contributed by atoms with van der Waals surface area (Å²) in [4.78, 5) is 12.1. The van der Waals surface area contributed by atoms with E-state index in [0.717, 1.165) is 33.7 Å². The van der Waals surface area contributed by atoms with Gasteiger partial charge in [0.05, 0.1) is 5.56 Å². The van der Waals surface area contributed by atoms with Gasteiger partial charge in [-0.1, -0.05) is 48.5 Å². The molecule has 0 heterocycles. The molecule has 1 fully saturated rings. The summed E-state index contributed by atoms with van der Waals surface area (Å²) in [5, 5.41) is 3.03. The van der Waals surface area contributed by atoms with Crippen LogP contribution in [0.15, 0.2) is 27.1 Å². The first-order chi connectivity index (χ1) is 9.56. The fraction of sp³-hybridized carbons (Fsp3) is 0.562. The lowest BCUT2D eigenvalue weighted by molar-refractivity contribution is 0.0949. The summed E-state index contributed by atoms with van der Waals surface area (Å²) in [6.45, 7) is 3.11. The minimum Gasteiger partial charge on any atom is -0.352 e. The molecule has 0 aliphatic heterocycles. The van der Waals surface area contributed by atoms with E-state index in [2.05, 4.69) is 44.1 Å². The van der Waals surface area contributed by atoms with E-state index in [4.69, 9.17) is 0 Å². The summed E-state index contributed by atoms with van der Waals surface area (Å²) in [6.07, 6.45) is 6.43. The van der Waals surface area contributed by atoms with E-state index in [-0.39, 0.29) is 5.91 Å². The van der Waals surface area contributed by atoms with Gasteiger partial charge in [-0.25, -0.2) is 0 Å². The third-order valence-corrected chi connectivity index (χ3v) is 5.30. The van der Waals surface area contributed by atoms with Crippen molar-refractivity contribution in [1.29, 1.82) is 0 Å². The van der Waals surface area contributed by atoms with E-state index in [1.165, 1.54) is 25.7 Å². The first kappa shape index (κ1) is 16.0. The molecule has 1 aliphatic carbocycles. The molecule has 1 aliphatic rings. The SMILES string of the molecule is CC1CCC(CCNC(=O)c2ccc(Br)cc2Br)CC1. The summed E-state index contributed by atoms with van der Waals surface area (Å²) < 4.78 is 1.80. The number of hydrogen-bond acceptors (Lipinski definition) is 1. The molecule has 1 aromatic rings. The fourth-order valence-corrected chi connectivity index (χ4v) is 4.00. The highest BCUT2D eigenvalue weighted by molar-refractivity contribution is 9.11. The van der Waals surface area contributed by atoms with Gasteiger partial charge in [-0.2, -0.15) is 0 Å². The molecular weight excluding hydrogens is 382 g/mol. The van der Waals surface area contributed by atoms with Gasteiger partial charge in [-0.3, -0.25) is 4.79 Å². The Morgan fingerprint density at radius 3 is 2.60 bits per heavy atom. The molecule has 0 aromatic heterocycles. The van der Waals surface area contributed by atoms with Crippen molar-refractivity contribution in [3.05, 3.63) is 32.7 Å². The van der Waals surface area contributed by atoms with Crippen LogP contribution in [0.4, 0.5) is 0 Å². The smallest absolute Gasteiger partial charge is 0.252 e. The van der Waals surface area contributed by atoms with E-state index in [0.29, 0.717) is 5.56 Å². The van der Waals surface area contributed by atoms with Crippen LogP contribution in [0.2, 0.25) is 0 Å². The zero-order chi connectivity index (χ0) is 14.5. The molecule has 0 spiro atoms. The van der Waals surface area contributed by atoms with Crippen LogP contribution in [-0.2, 0) is 0 Å². The largest absolute Gasteiger partial charge is 0.352 e. The molecule has 0 atom stereocenters. The summed E-state index contributed by atoms with van der Waals surface area (Å²) in [6, 6.07) is 5.63. The zero-order valence-corrected chi connectivity index (χ0v) is 15.0. The summed E-state index contributed by atoms with van der Waals surface area (Å²) in [5.74, 6) is 1.69. The molecule has 1 saturated carbocycles. The second kappa shape index (κ2) is 7.60. The van der Waals surface area contributed by atoms with Gasteiger partial charge >= 0.3 is 0 Å². The molecule has 0 unspecified atom stereocenters. The van der Waals surface area contributed by atoms with Gasteiger partial charge in [0.1, 0.15) is 0 Å². The third kappa shape index (κ3) is 4.59. The van der Waals surface area contributed by atoms with E-state index in [9.17, 15) is 4.79 Å². The maximum absolute atomic E-state index is 12.1. The second-order valence-electron chi connectivity index (χ2n) is 5.79. The number of carbonyl (C=O) groups is 1. The lowest BCUT2D eigenvalue weighted by Crippen LogP contribution is -2.27. The number of carbonyl (C=O) groups excluding carboxylic acids is 1. The molecule has 1 amide bonds. The number of nitrogens with one attached hydrogen (secondary N) is 1. The van der Waals surface area contributed by atoms with Crippen LogP contribution in [-0.4, -0.2) is 12.5 Å². The average molecular weight is 403 g/mol. The highest BCUT2D eigenvalue weighted by Crippen LogP contribution is 2.30. The summed E-state index contributed by atoms with van der Waals surface area (Å²) >= 11 is 6.83. The molecule has 0 saturated heterocycles. The average Bonchev–Trinajstić information content (AvgIpc) is 2.41. The minimum absolute atomic E-state index is 0.00792. The van der Waals surface area contributed by atoms with Gasteiger partial charge < -0.3 is 5.32 Å². The summed E-state index contributed by atoms with van der Waals surface area (Å²) in [5.41, 5.74) is 0.700. The van der Waals surface area contributed by atoms with Crippen molar-refractivity contribution in [2.45, 2.75) is 39.0 Å². The topological polar surface area (TPSA) is 29.1 Å². The summed E-state index contributed by atoms with van der Waals surface area (Å²) in [7, 11) is 0. The van der Waals surface area contributed by atoms with Gasteiger partial charge in [0.15, 0.2) is 0 Å². The molecule has 0 bridgehead atoms. The predicted molar refractivity (Wildman–Crippen MR) is 89.9 cm³/mol. The maximum atomic E-state index is 12.1. The Morgan fingerprint density at radius 2 is 1.95 bits per heavy atom. The Morgan fingerprint density at radius 1 is 1.25 bits per heavy atom. The van der Waals surface area contributed by atoms with Crippen molar-refractivity contribution < 1.29 is 4.79 Å². The molecule has 1 aromatic carbocycles. The van der Waals surface area contributed by atoms with Crippen molar-refractivity contribution in [3.8, 4) is 0 Å². The van der Waals surface area contributed by atoms with Crippen LogP contribution < -0.4 is 5.32 Å². The van der Waals surface area contributed by atoms with Crippen molar-refractivity contribution >= 4 is 37.8 Å². The monoisotopic (exact) mass is 401 g/mol. The first-order valence-electron chi connectivity index (χ1n) is 7.29. The van der Waals surface area contributed by atoms with E-state index in [1.54, 1.807) is 0 Å². The molecule has 1 N–H and O–H groups in total. The molecule has 110 valence electrons. The second-order valence-corrected chi connectivity index (χ2v) is 7.56. The number of halogens is 2. The Balaban J connectivity index is 1.77. The van der Waals surface area contributed by atoms with Crippen LogP contribution in [0.25, 0.3) is 0 Å². The Labute approximate surface area is 138 Å². The third-order valence-electron chi connectivity index (χ3n) is 4.15. The van der Waals surface area contributed by atoms with Crippen molar-refractivity contribution in [1.82, 2.24) is 5.32 Å². The first-order valence-corrected chi connectivity index (χ1v) is 8.88. The van der Waals surface area contributed by atoms with Gasteiger partial charge in [0.25, 0.3) is 5.91 Å². The minimum atomic E-state index is 0.00792.